The van der Waals surface area contributed by atoms with Gasteiger partial charge in [0, 0.05) is 0 Å². The first-order valence-electron chi connectivity index (χ1n) is 4.61. The number of halogens is 3. The van der Waals surface area contributed by atoms with Gasteiger partial charge in [0.15, 0.2) is 0 Å². The van der Waals surface area contributed by atoms with E-state index in [0.29, 0.717) is 0 Å². The number of aromatic amines is 1. The van der Waals surface area contributed by atoms with Crippen LogP contribution in [-0.2, 0) is 10.2 Å². The van der Waals surface area contributed by atoms with Gasteiger partial charge < -0.3 is 4.74 Å². The number of H-pyrrole nitrogens is 1. The minimum absolute atomic E-state index is 0.119. The van der Waals surface area contributed by atoms with Gasteiger partial charge in [0.2, 0.25) is 5.95 Å². The number of rotatable bonds is 6. The van der Waals surface area contributed by atoms with Crippen LogP contribution in [0.25, 0.3) is 0 Å². The van der Waals surface area contributed by atoms with Crippen LogP contribution in [0, 0.1) is 0 Å². The largest absolute Gasteiger partial charge is 0.463 e. The molecule has 104 valence electrons. The van der Waals surface area contributed by atoms with E-state index in [2.05, 4.69) is 15.2 Å². The van der Waals surface area contributed by atoms with Crippen LogP contribution in [0.1, 0.15) is 6.92 Å². The van der Waals surface area contributed by atoms with E-state index in [1.807, 2.05) is 0 Å². The summed E-state index contributed by atoms with van der Waals surface area (Å²) in [5, 5.41) is 5.61. The number of aromatic nitrogens is 3. The second kappa shape index (κ2) is 5.39. The van der Waals surface area contributed by atoms with Crippen LogP contribution in [0.3, 0.4) is 0 Å². The van der Waals surface area contributed by atoms with Gasteiger partial charge in [-0.2, -0.15) is 31.3 Å². The lowest BCUT2D eigenvalue weighted by Crippen LogP contribution is -2.37. The Labute approximate surface area is 100 Å². The molecule has 0 unspecified atom stereocenters. The zero-order chi connectivity index (χ0) is 13.8. The molecule has 0 radical (unpaired) electrons. The van der Waals surface area contributed by atoms with Gasteiger partial charge >= 0.3 is 22.4 Å². The third-order valence-electron chi connectivity index (χ3n) is 1.43. The maximum Gasteiger partial charge on any atom is 0.402 e. The average Bonchev–Trinajstić information content (AvgIpc) is 2.62. The van der Waals surface area contributed by atoms with Crippen molar-refractivity contribution in [2.75, 3.05) is 17.9 Å². The van der Waals surface area contributed by atoms with Crippen molar-refractivity contribution in [1.29, 1.82) is 0 Å². The van der Waals surface area contributed by atoms with Gasteiger partial charge in [0.25, 0.3) is 0 Å². The zero-order valence-electron chi connectivity index (χ0n) is 9.08. The molecule has 0 saturated carbocycles. The summed E-state index contributed by atoms with van der Waals surface area (Å²) < 4.78 is 65.6. The summed E-state index contributed by atoms with van der Waals surface area (Å²) in [4.78, 5) is 3.53. The summed E-state index contributed by atoms with van der Waals surface area (Å²) in [5.41, 5.74) is 0. The first kappa shape index (κ1) is 14.5. The highest BCUT2D eigenvalue weighted by atomic mass is 32.2. The van der Waals surface area contributed by atoms with Crippen molar-refractivity contribution in [3.63, 3.8) is 0 Å². The van der Waals surface area contributed by atoms with E-state index in [4.69, 9.17) is 4.74 Å². The lowest BCUT2D eigenvalue weighted by molar-refractivity contribution is -0.121. The van der Waals surface area contributed by atoms with Crippen LogP contribution in [0.15, 0.2) is 0 Å². The van der Waals surface area contributed by atoms with Crippen molar-refractivity contribution in [3.8, 4) is 6.01 Å². The van der Waals surface area contributed by atoms with E-state index in [0.717, 1.165) is 0 Å². The van der Waals surface area contributed by atoms with Crippen molar-refractivity contribution in [1.82, 2.24) is 19.9 Å². The Hall–Kier alpha value is -1.56. The maximum absolute atomic E-state index is 11.8. The Morgan fingerprint density at radius 3 is 2.67 bits per heavy atom. The molecule has 0 aliphatic rings. The Morgan fingerprint density at radius 2 is 2.11 bits per heavy atom. The highest BCUT2D eigenvalue weighted by molar-refractivity contribution is 7.90. The summed E-state index contributed by atoms with van der Waals surface area (Å²) in [5.74, 6) is -0.354. The third kappa shape index (κ3) is 5.18. The number of hydrogen-bond acceptors (Lipinski definition) is 5. The first-order valence-corrected chi connectivity index (χ1v) is 6.09. The van der Waals surface area contributed by atoms with Gasteiger partial charge in [0.1, 0.15) is 6.54 Å². The van der Waals surface area contributed by atoms with Gasteiger partial charge in [-0.25, -0.2) is 9.82 Å². The fourth-order valence-corrected chi connectivity index (χ4v) is 1.60. The number of alkyl halides is 3. The van der Waals surface area contributed by atoms with Crippen molar-refractivity contribution < 1.29 is 26.3 Å². The second-order valence-corrected chi connectivity index (χ2v) is 4.44. The Morgan fingerprint density at radius 1 is 1.44 bits per heavy atom. The molecule has 1 rings (SSSR count). The van der Waals surface area contributed by atoms with Crippen molar-refractivity contribution in [2.45, 2.75) is 13.1 Å². The van der Waals surface area contributed by atoms with Crippen molar-refractivity contribution >= 4 is 16.2 Å². The number of anilines is 1. The molecule has 1 aromatic heterocycles. The van der Waals surface area contributed by atoms with Gasteiger partial charge in [-0.15, -0.1) is 5.10 Å². The number of hydrogen-bond donors (Lipinski definition) is 3. The minimum atomic E-state index is -4.65. The fraction of sp³-hybridized carbons (Fsp3) is 0.667. The minimum Gasteiger partial charge on any atom is -0.463 e. The molecule has 12 heteroatoms. The van der Waals surface area contributed by atoms with Gasteiger partial charge in [0.05, 0.1) is 6.61 Å². The van der Waals surface area contributed by atoms with Crippen LogP contribution in [-0.4, -0.2) is 42.9 Å². The Kier molecular flexibility index (Phi) is 4.34. The second-order valence-electron chi connectivity index (χ2n) is 2.94. The average molecular weight is 289 g/mol. The molecule has 1 heterocycles. The van der Waals surface area contributed by atoms with Crippen LogP contribution < -0.4 is 14.2 Å². The molecule has 0 saturated heterocycles. The predicted octanol–water partition coefficient (Wildman–Crippen LogP) is 0.0120. The van der Waals surface area contributed by atoms with Crippen molar-refractivity contribution in [3.05, 3.63) is 0 Å². The van der Waals surface area contributed by atoms with Gasteiger partial charge in [-0.3, -0.25) is 0 Å². The van der Waals surface area contributed by atoms with Gasteiger partial charge in [-0.1, -0.05) is 0 Å². The molecule has 8 nitrogen and oxygen atoms in total. The van der Waals surface area contributed by atoms with Crippen LogP contribution in [0.2, 0.25) is 0 Å². The standard InChI is InChI=1S/C6H10F3N5O3S/c1-2-17-5-11-4(12-13-5)14-18(15,16)10-3-6(7,8)9/h10H,2-3H2,1H3,(H2,11,12,13,14). The molecular weight excluding hydrogens is 279 g/mol. The molecule has 18 heavy (non-hydrogen) atoms. The number of ether oxygens (including phenoxy) is 1. The molecule has 0 aliphatic carbocycles. The summed E-state index contributed by atoms with van der Waals surface area (Å²) in [7, 11) is -4.38. The molecule has 3 N–H and O–H groups in total. The third-order valence-corrected chi connectivity index (χ3v) is 2.42. The molecule has 0 amide bonds. The van der Waals surface area contributed by atoms with Crippen LogP contribution >= 0.6 is 0 Å². The molecule has 0 atom stereocenters. The van der Waals surface area contributed by atoms with E-state index in [9.17, 15) is 21.6 Å². The van der Waals surface area contributed by atoms with E-state index in [-0.39, 0.29) is 18.6 Å². The maximum atomic E-state index is 11.8. The lowest BCUT2D eigenvalue weighted by atomic mass is 10.7. The summed E-state index contributed by atoms with van der Waals surface area (Å²) in [6.07, 6.45) is -4.65. The molecule has 0 spiro atoms. The van der Waals surface area contributed by atoms with Gasteiger partial charge in [-0.05, 0) is 6.92 Å². The van der Waals surface area contributed by atoms with Crippen LogP contribution in [0.4, 0.5) is 19.1 Å². The van der Waals surface area contributed by atoms with E-state index in [1.165, 1.54) is 4.72 Å². The number of nitrogens with zero attached hydrogens (tertiary/aromatic N) is 2. The molecule has 0 aromatic carbocycles. The predicted molar refractivity (Wildman–Crippen MR) is 54.2 cm³/mol. The lowest BCUT2D eigenvalue weighted by Gasteiger charge is -2.08. The highest BCUT2D eigenvalue weighted by Crippen LogP contribution is 2.13. The zero-order valence-corrected chi connectivity index (χ0v) is 9.89. The molecule has 1 aromatic rings. The van der Waals surface area contributed by atoms with E-state index < -0.39 is 22.9 Å². The SMILES string of the molecule is CCOc1n[nH]c(NS(=O)(=O)NCC(F)(F)F)n1. The molecule has 0 aliphatic heterocycles. The monoisotopic (exact) mass is 289 g/mol. The summed E-state index contributed by atoms with van der Waals surface area (Å²) in [6.45, 7) is 0.232. The fourth-order valence-electron chi connectivity index (χ4n) is 0.826. The normalized spacial score (nSPS) is 12.4. The summed E-state index contributed by atoms with van der Waals surface area (Å²) in [6, 6.07) is -0.119. The quantitative estimate of drug-likeness (QED) is 0.683. The van der Waals surface area contributed by atoms with E-state index in [1.54, 1.807) is 11.6 Å². The Bertz CT molecular complexity index is 485. The van der Waals surface area contributed by atoms with Crippen molar-refractivity contribution in [2.24, 2.45) is 0 Å². The summed E-state index contributed by atoms with van der Waals surface area (Å²) >= 11 is 0. The van der Waals surface area contributed by atoms with E-state index >= 15 is 0 Å². The number of nitrogens with one attached hydrogen (secondary N) is 3. The van der Waals surface area contributed by atoms with Crippen LogP contribution in [0.5, 0.6) is 6.01 Å². The Balaban J connectivity index is 2.59. The first-order chi connectivity index (χ1) is 8.22. The topological polar surface area (TPSA) is 109 Å². The highest BCUT2D eigenvalue weighted by Gasteiger charge is 2.29. The molecule has 0 fully saturated rings. The molecular formula is C6H10F3N5O3S. The smallest absolute Gasteiger partial charge is 0.402 e. The molecule has 0 bridgehead atoms.